The molecule has 0 atom stereocenters. The first-order valence-electron chi connectivity index (χ1n) is 5.73. The maximum absolute atomic E-state index is 12.1. The summed E-state index contributed by atoms with van der Waals surface area (Å²) in [5, 5.41) is 12.3. The van der Waals surface area contributed by atoms with Gasteiger partial charge in [0.2, 0.25) is 0 Å². The Labute approximate surface area is 125 Å². The van der Waals surface area contributed by atoms with Crippen LogP contribution in [-0.2, 0) is 0 Å². The molecule has 0 aliphatic heterocycles. The molecule has 1 heterocycles. The number of carbonyl (C=O) groups excluding carboxylic acids is 1. The number of rotatable bonds is 2. The molecule has 1 amide bonds. The summed E-state index contributed by atoms with van der Waals surface area (Å²) < 4.78 is 0. The van der Waals surface area contributed by atoms with Crippen LogP contribution in [0.3, 0.4) is 0 Å². The molecule has 2 N–H and O–H groups in total. The second kappa shape index (κ2) is 6.53. The summed E-state index contributed by atoms with van der Waals surface area (Å²) in [6.45, 7) is 1.63. The van der Waals surface area contributed by atoms with E-state index in [1.807, 2.05) is 6.92 Å². The van der Waals surface area contributed by atoms with E-state index in [1.165, 1.54) is 11.3 Å². The zero-order valence-electron chi connectivity index (χ0n) is 10.6. The Morgan fingerprint density at radius 1 is 1.55 bits per heavy atom. The molecule has 102 valence electrons. The van der Waals surface area contributed by atoms with Crippen LogP contribution in [0.1, 0.15) is 20.8 Å². The quantitative estimate of drug-likeness (QED) is 0.839. The molecule has 4 nitrogen and oxygen atoms in total. The lowest BCUT2D eigenvalue weighted by atomic mass is 10.1. The first-order valence-corrected chi connectivity index (χ1v) is 6.92. The van der Waals surface area contributed by atoms with E-state index in [1.54, 1.807) is 24.4 Å². The molecule has 2 aromatic rings. The maximum atomic E-state index is 12.1. The average Bonchev–Trinajstić information content (AvgIpc) is 2.86. The van der Waals surface area contributed by atoms with E-state index in [0.29, 0.717) is 20.6 Å². The number of nitrogens with zero attached hydrogens (tertiary/aromatic N) is 1. The summed E-state index contributed by atoms with van der Waals surface area (Å²) in [4.78, 5) is 16.9. The van der Waals surface area contributed by atoms with Crippen molar-refractivity contribution in [3.05, 3.63) is 45.4 Å². The van der Waals surface area contributed by atoms with Crippen LogP contribution in [0, 0.1) is 18.8 Å². The molecular formula is C14H11ClN2O2S. The third-order valence-corrected chi connectivity index (χ3v) is 3.52. The fourth-order valence-electron chi connectivity index (χ4n) is 1.52. The number of aliphatic hydroxyl groups is 1. The molecule has 0 unspecified atom stereocenters. The zero-order valence-corrected chi connectivity index (χ0v) is 12.2. The monoisotopic (exact) mass is 306 g/mol. The number of thiazole rings is 1. The van der Waals surface area contributed by atoms with Crippen molar-refractivity contribution in [1.29, 1.82) is 0 Å². The van der Waals surface area contributed by atoms with E-state index in [9.17, 15) is 4.79 Å². The standard InChI is InChI=1S/C14H11ClN2O2S/c1-9-4-5-10(15)7-12(9)13(19)17-14-16-8-11(20-14)3-2-6-18/h4-5,7-8,18H,6H2,1H3,(H,16,17,19). The van der Waals surface area contributed by atoms with E-state index in [2.05, 4.69) is 22.1 Å². The van der Waals surface area contributed by atoms with Gasteiger partial charge >= 0.3 is 0 Å². The molecule has 0 aliphatic carbocycles. The molecule has 20 heavy (non-hydrogen) atoms. The topological polar surface area (TPSA) is 62.2 Å². The van der Waals surface area contributed by atoms with Gasteiger partial charge in [-0.1, -0.05) is 40.8 Å². The molecule has 0 spiro atoms. The normalized spacial score (nSPS) is 9.75. The molecule has 6 heteroatoms. The smallest absolute Gasteiger partial charge is 0.257 e. The van der Waals surface area contributed by atoms with Crippen LogP contribution in [0.4, 0.5) is 5.13 Å². The predicted octanol–water partition coefficient (Wildman–Crippen LogP) is 2.70. The molecule has 2 rings (SSSR count). The lowest BCUT2D eigenvalue weighted by Gasteiger charge is -2.05. The van der Waals surface area contributed by atoms with E-state index < -0.39 is 0 Å². The second-order valence-electron chi connectivity index (χ2n) is 3.90. The summed E-state index contributed by atoms with van der Waals surface area (Å²) >= 11 is 7.14. The van der Waals surface area contributed by atoms with Crippen LogP contribution in [0.25, 0.3) is 0 Å². The Morgan fingerprint density at radius 2 is 2.35 bits per heavy atom. The second-order valence-corrected chi connectivity index (χ2v) is 5.37. The first kappa shape index (κ1) is 14.5. The molecule has 1 aromatic carbocycles. The fourth-order valence-corrected chi connectivity index (χ4v) is 2.38. The molecule has 0 saturated carbocycles. The van der Waals surface area contributed by atoms with E-state index in [-0.39, 0.29) is 12.5 Å². The number of nitrogens with one attached hydrogen (secondary N) is 1. The third-order valence-electron chi connectivity index (χ3n) is 2.46. The maximum Gasteiger partial charge on any atom is 0.257 e. The van der Waals surface area contributed by atoms with Crippen molar-refractivity contribution in [2.24, 2.45) is 0 Å². The zero-order chi connectivity index (χ0) is 14.5. The van der Waals surface area contributed by atoms with Crippen molar-refractivity contribution in [3.8, 4) is 11.8 Å². The Bertz CT molecular complexity index is 701. The van der Waals surface area contributed by atoms with Crippen LogP contribution in [0.5, 0.6) is 0 Å². The van der Waals surface area contributed by atoms with Gasteiger partial charge in [-0.3, -0.25) is 10.1 Å². The molecule has 0 fully saturated rings. The summed E-state index contributed by atoms with van der Waals surface area (Å²) in [6.07, 6.45) is 1.55. The highest BCUT2D eigenvalue weighted by Crippen LogP contribution is 2.20. The number of anilines is 1. The number of hydrogen-bond acceptors (Lipinski definition) is 4. The minimum atomic E-state index is -0.263. The lowest BCUT2D eigenvalue weighted by Crippen LogP contribution is -2.13. The fraction of sp³-hybridized carbons (Fsp3) is 0.143. The Balaban J connectivity index is 2.15. The number of aromatic nitrogens is 1. The first-order chi connectivity index (χ1) is 9.60. The average molecular weight is 307 g/mol. The SMILES string of the molecule is Cc1ccc(Cl)cc1C(=O)Nc1ncc(C#CCO)s1. The number of carbonyl (C=O) groups is 1. The molecule has 0 aliphatic rings. The van der Waals surface area contributed by atoms with Crippen molar-refractivity contribution < 1.29 is 9.90 Å². The number of aliphatic hydroxyl groups excluding tert-OH is 1. The van der Waals surface area contributed by atoms with Gasteiger partial charge in [-0.15, -0.1) is 0 Å². The number of benzene rings is 1. The third kappa shape index (κ3) is 3.58. The van der Waals surface area contributed by atoms with Gasteiger partial charge in [0.15, 0.2) is 5.13 Å². The highest BCUT2D eigenvalue weighted by Gasteiger charge is 2.11. The van der Waals surface area contributed by atoms with Crippen LogP contribution < -0.4 is 5.32 Å². The Hall–Kier alpha value is -1.87. The van der Waals surface area contributed by atoms with Crippen molar-refractivity contribution in [1.82, 2.24) is 4.98 Å². The number of halogens is 1. The van der Waals surface area contributed by atoms with Gasteiger partial charge in [-0.05, 0) is 24.6 Å². The largest absolute Gasteiger partial charge is 0.384 e. The number of amides is 1. The van der Waals surface area contributed by atoms with Gasteiger partial charge in [0, 0.05) is 10.6 Å². The van der Waals surface area contributed by atoms with Gasteiger partial charge < -0.3 is 5.11 Å². The van der Waals surface area contributed by atoms with E-state index in [4.69, 9.17) is 16.7 Å². The van der Waals surface area contributed by atoms with E-state index >= 15 is 0 Å². The minimum absolute atomic E-state index is 0.207. The van der Waals surface area contributed by atoms with Crippen molar-refractivity contribution in [3.63, 3.8) is 0 Å². The molecule has 0 radical (unpaired) electrons. The van der Waals surface area contributed by atoms with Gasteiger partial charge in [0.1, 0.15) is 6.61 Å². The molecule has 0 bridgehead atoms. The van der Waals surface area contributed by atoms with Crippen molar-refractivity contribution >= 4 is 34.0 Å². The van der Waals surface area contributed by atoms with Crippen LogP contribution in [0.2, 0.25) is 5.02 Å². The van der Waals surface area contributed by atoms with Crippen LogP contribution >= 0.6 is 22.9 Å². The Kier molecular flexibility index (Phi) is 4.74. The predicted molar refractivity (Wildman–Crippen MR) is 80.2 cm³/mol. The van der Waals surface area contributed by atoms with Crippen LogP contribution in [0.15, 0.2) is 24.4 Å². The molecule has 1 aromatic heterocycles. The van der Waals surface area contributed by atoms with Gasteiger partial charge in [-0.25, -0.2) is 4.98 Å². The summed E-state index contributed by atoms with van der Waals surface area (Å²) in [5.74, 6) is 4.99. The number of aryl methyl sites for hydroxylation is 1. The van der Waals surface area contributed by atoms with Gasteiger partial charge in [0.05, 0.1) is 11.1 Å². The highest BCUT2D eigenvalue weighted by atomic mass is 35.5. The number of hydrogen-bond donors (Lipinski definition) is 2. The van der Waals surface area contributed by atoms with Gasteiger partial charge in [0.25, 0.3) is 5.91 Å². The highest BCUT2D eigenvalue weighted by molar-refractivity contribution is 7.16. The van der Waals surface area contributed by atoms with Crippen molar-refractivity contribution in [2.45, 2.75) is 6.92 Å². The van der Waals surface area contributed by atoms with E-state index in [0.717, 1.165) is 5.56 Å². The van der Waals surface area contributed by atoms with Crippen molar-refractivity contribution in [2.75, 3.05) is 11.9 Å². The minimum Gasteiger partial charge on any atom is -0.384 e. The molecular weight excluding hydrogens is 296 g/mol. The summed E-state index contributed by atoms with van der Waals surface area (Å²) in [6, 6.07) is 5.14. The molecule has 0 saturated heterocycles. The lowest BCUT2D eigenvalue weighted by molar-refractivity contribution is 0.102. The Morgan fingerprint density at radius 3 is 3.10 bits per heavy atom. The summed E-state index contributed by atoms with van der Waals surface area (Å²) in [7, 11) is 0. The van der Waals surface area contributed by atoms with Crippen LogP contribution in [-0.4, -0.2) is 22.6 Å². The summed E-state index contributed by atoms with van der Waals surface area (Å²) in [5.41, 5.74) is 1.35. The van der Waals surface area contributed by atoms with Gasteiger partial charge in [-0.2, -0.15) is 0 Å².